The molecular weight excluding hydrogens is 392 g/mol. The Kier molecular flexibility index (Phi) is 6.13. The van der Waals surface area contributed by atoms with Crippen LogP contribution in [-0.2, 0) is 9.59 Å². The maximum absolute atomic E-state index is 13.1. The summed E-state index contributed by atoms with van der Waals surface area (Å²) >= 11 is 6.12. The number of nitrogens with zero attached hydrogens (tertiary/aromatic N) is 1. The van der Waals surface area contributed by atoms with Gasteiger partial charge in [0.1, 0.15) is 5.70 Å². The highest BCUT2D eigenvalue weighted by atomic mass is 35.5. The fourth-order valence-electron chi connectivity index (χ4n) is 3.24. The number of amides is 2. The molecule has 0 aromatic heterocycles. The zero-order valence-corrected chi connectivity index (χ0v) is 17.6. The van der Waals surface area contributed by atoms with Gasteiger partial charge in [0.15, 0.2) is 11.5 Å². The van der Waals surface area contributed by atoms with Crippen LogP contribution >= 0.6 is 11.6 Å². The van der Waals surface area contributed by atoms with E-state index in [-0.39, 0.29) is 17.5 Å². The Bertz CT molecular complexity index is 1000. The summed E-state index contributed by atoms with van der Waals surface area (Å²) in [5.74, 6) is 0.316. The summed E-state index contributed by atoms with van der Waals surface area (Å²) in [6, 6.07) is 10.5. The first-order valence-corrected chi connectivity index (χ1v) is 9.65. The molecule has 1 aliphatic rings. The normalized spacial score (nSPS) is 13.9. The molecule has 3 rings (SSSR count). The molecule has 2 aromatic rings. The Hall–Kier alpha value is -2.99. The first kappa shape index (κ1) is 20.7. The summed E-state index contributed by atoms with van der Waals surface area (Å²) in [7, 11) is 3.06. The first-order chi connectivity index (χ1) is 13.9. The van der Waals surface area contributed by atoms with E-state index in [0.29, 0.717) is 46.3 Å². The molecule has 0 bridgehead atoms. The molecule has 0 saturated carbocycles. The van der Waals surface area contributed by atoms with Crippen LogP contribution in [0.3, 0.4) is 0 Å². The Morgan fingerprint density at radius 1 is 1.00 bits per heavy atom. The van der Waals surface area contributed by atoms with Gasteiger partial charge in [-0.15, -0.1) is 0 Å². The number of imide groups is 1. The van der Waals surface area contributed by atoms with Crippen LogP contribution < -0.4 is 14.8 Å². The Morgan fingerprint density at radius 3 is 2.38 bits per heavy atom. The number of rotatable bonds is 7. The Balaban J connectivity index is 2.14. The Morgan fingerprint density at radius 2 is 1.72 bits per heavy atom. The van der Waals surface area contributed by atoms with Crippen LogP contribution in [0.15, 0.2) is 42.1 Å². The first-order valence-electron chi connectivity index (χ1n) is 9.27. The molecule has 0 atom stereocenters. The van der Waals surface area contributed by atoms with Gasteiger partial charge in [0.25, 0.3) is 11.8 Å². The van der Waals surface area contributed by atoms with E-state index in [1.807, 2.05) is 19.9 Å². The number of halogens is 1. The molecule has 2 aromatic carbocycles. The minimum Gasteiger partial charge on any atom is -0.493 e. The third kappa shape index (κ3) is 3.93. The molecule has 0 radical (unpaired) electrons. The highest BCUT2D eigenvalue weighted by Gasteiger charge is 2.39. The van der Waals surface area contributed by atoms with Gasteiger partial charge < -0.3 is 14.8 Å². The van der Waals surface area contributed by atoms with E-state index >= 15 is 0 Å². The zero-order chi connectivity index (χ0) is 21.1. The fourth-order valence-corrected chi connectivity index (χ4v) is 3.41. The van der Waals surface area contributed by atoms with Crippen molar-refractivity contribution in [2.24, 2.45) is 0 Å². The quantitative estimate of drug-likeness (QED) is 0.685. The predicted octanol–water partition coefficient (Wildman–Crippen LogP) is 4.27. The minimum absolute atomic E-state index is 0.223. The van der Waals surface area contributed by atoms with Gasteiger partial charge >= 0.3 is 0 Å². The molecule has 0 spiro atoms. The lowest BCUT2D eigenvalue weighted by molar-refractivity contribution is -0.136. The fraction of sp³-hybridized carbons (Fsp3) is 0.273. The largest absolute Gasteiger partial charge is 0.493 e. The van der Waals surface area contributed by atoms with Crippen molar-refractivity contribution < 1.29 is 19.1 Å². The monoisotopic (exact) mass is 414 g/mol. The molecule has 1 aliphatic heterocycles. The molecule has 0 fully saturated rings. The van der Waals surface area contributed by atoms with Crippen LogP contribution in [0.4, 0.5) is 5.69 Å². The molecule has 1 heterocycles. The van der Waals surface area contributed by atoms with Crippen LogP contribution in [0.2, 0.25) is 5.02 Å². The van der Waals surface area contributed by atoms with E-state index in [0.717, 1.165) is 5.56 Å². The second kappa shape index (κ2) is 8.57. The minimum atomic E-state index is -0.360. The van der Waals surface area contributed by atoms with Gasteiger partial charge in [-0.3, -0.25) is 14.5 Å². The van der Waals surface area contributed by atoms with E-state index in [9.17, 15) is 9.59 Å². The number of nitrogens with one attached hydrogen (secondary N) is 1. The summed E-state index contributed by atoms with van der Waals surface area (Å²) in [5.41, 5.74) is 2.67. The van der Waals surface area contributed by atoms with Gasteiger partial charge in [0.2, 0.25) is 0 Å². The van der Waals surface area contributed by atoms with Crippen molar-refractivity contribution >= 4 is 34.7 Å². The molecule has 2 amide bonds. The van der Waals surface area contributed by atoms with Gasteiger partial charge in [-0.05, 0) is 48.7 Å². The van der Waals surface area contributed by atoms with Crippen LogP contribution in [0.1, 0.15) is 24.5 Å². The number of aryl methyl sites for hydroxylation is 1. The number of carbonyl (C=O) groups excluding carboxylic acids is 2. The van der Waals surface area contributed by atoms with Gasteiger partial charge in [-0.25, -0.2) is 0 Å². The molecular formula is C22H23ClN2O4. The molecule has 6 nitrogen and oxygen atoms in total. The zero-order valence-electron chi connectivity index (χ0n) is 16.8. The van der Waals surface area contributed by atoms with E-state index in [4.69, 9.17) is 21.1 Å². The predicted molar refractivity (Wildman–Crippen MR) is 113 cm³/mol. The summed E-state index contributed by atoms with van der Waals surface area (Å²) < 4.78 is 10.6. The Labute approximate surface area is 175 Å². The maximum Gasteiger partial charge on any atom is 0.278 e. The number of benzene rings is 2. The van der Waals surface area contributed by atoms with E-state index in [2.05, 4.69) is 5.32 Å². The van der Waals surface area contributed by atoms with Crippen molar-refractivity contribution in [3.8, 4) is 11.5 Å². The van der Waals surface area contributed by atoms with Gasteiger partial charge in [0.05, 0.1) is 19.8 Å². The van der Waals surface area contributed by atoms with E-state index in [1.165, 1.54) is 12.0 Å². The van der Waals surface area contributed by atoms with E-state index in [1.54, 1.807) is 37.4 Å². The van der Waals surface area contributed by atoms with Gasteiger partial charge in [-0.2, -0.15) is 0 Å². The summed E-state index contributed by atoms with van der Waals surface area (Å²) in [4.78, 5) is 27.4. The van der Waals surface area contributed by atoms with Crippen molar-refractivity contribution in [2.75, 3.05) is 26.1 Å². The summed E-state index contributed by atoms with van der Waals surface area (Å²) in [6.07, 6.45) is 0.667. The average Bonchev–Trinajstić information content (AvgIpc) is 2.94. The smallest absolute Gasteiger partial charge is 0.278 e. The van der Waals surface area contributed by atoms with Crippen LogP contribution in [-0.4, -0.2) is 37.5 Å². The third-order valence-corrected chi connectivity index (χ3v) is 4.98. The lowest BCUT2D eigenvalue weighted by Crippen LogP contribution is -2.33. The highest BCUT2D eigenvalue weighted by molar-refractivity contribution is 6.36. The van der Waals surface area contributed by atoms with Crippen molar-refractivity contribution in [2.45, 2.75) is 20.3 Å². The number of methoxy groups -OCH3 is 2. The van der Waals surface area contributed by atoms with Crippen molar-refractivity contribution in [3.63, 3.8) is 0 Å². The maximum atomic E-state index is 13.1. The van der Waals surface area contributed by atoms with Crippen LogP contribution in [0.25, 0.3) is 5.57 Å². The third-order valence-electron chi connectivity index (χ3n) is 4.75. The second-order valence-electron chi connectivity index (χ2n) is 6.67. The lowest BCUT2D eigenvalue weighted by Gasteiger charge is -2.14. The summed E-state index contributed by atoms with van der Waals surface area (Å²) in [6.45, 7) is 4.16. The highest BCUT2D eigenvalue weighted by Crippen LogP contribution is 2.36. The standard InChI is InChI=1S/C22H23ClN2O4/c1-5-10-25-21(26)19(14-7-9-17(28-3)18(11-14)29-4)20(22(25)27)24-16-12-15(23)8-6-13(16)2/h6-9,11-12,24H,5,10H2,1-4H3. The van der Waals surface area contributed by atoms with Crippen molar-refractivity contribution in [1.82, 2.24) is 4.90 Å². The number of hydrogen-bond acceptors (Lipinski definition) is 5. The van der Waals surface area contributed by atoms with Crippen LogP contribution in [0, 0.1) is 6.92 Å². The number of carbonyl (C=O) groups is 2. The lowest BCUT2D eigenvalue weighted by atomic mass is 10.0. The summed E-state index contributed by atoms with van der Waals surface area (Å²) in [5, 5.41) is 3.68. The number of anilines is 1. The van der Waals surface area contributed by atoms with E-state index < -0.39 is 0 Å². The molecule has 0 saturated heterocycles. The molecule has 7 heteroatoms. The van der Waals surface area contributed by atoms with Gasteiger partial charge in [0, 0.05) is 17.3 Å². The van der Waals surface area contributed by atoms with Gasteiger partial charge in [-0.1, -0.05) is 30.7 Å². The average molecular weight is 415 g/mol. The topological polar surface area (TPSA) is 67.9 Å². The van der Waals surface area contributed by atoms with Crippen LogP contribution in [0.5, 0.6) is 11.5 Å². The van der Waals surface area contributed by atoms with Crippen molar-refractivity contribution in [3.05, 3.63) is 58.2 Å². The molecule has 152 valence electrons. The molecule has 1 N–H and O–H groups in total. The molecule has 29 heavy (non-hydrogen) atoms. The molecule has 0 unspecified atom stereocenters. The number of ether oxygens (including phenoxy) is 2. The van der Waals surface area contributed by atoms with Crippen molar-refractivity contribution in [1.29, 1.82) is 0 Å². The second-order valence-corrected chi connectivity index (χ2v) is 7.10. The molecule has 0 aliphatic carbocycles. The SMILES string of the molecule is CCCN1C(=O)C(Nc2cc(Cl)ccc2C)=C(c2ccc(OC)c(OC)c2)C1=O. The number of hydrogen-bond donors (Lipinski definition) is 1.